The molecule has 0 saturated heterocycles. The van der Waals surface area contributed by atoms with Gasteiger partial charge in [0.25, 0.3) is 10.0 Å². The van der Waals surface area contributed by atoms with E-state index in [1.54, 1.807) is 13.0 Å². The van der Waals surface area contributed by atoms with Crippen molar-refractivity contribution in [2.24, 2.45) is 0 Å². The summed E-state index contributed by atoms with van der Waals surface area (Å²) in [5.41, 5.74) is 1.31. The second-order valence-corrected chi connectivity index (χ2v) is 7.50. The molecule has 1 N–H and O–H groups in total. The van der Waals surface area contributed by atoms with E-state index >= 15 is 0 Å². The maximum atomic E-state index is 13.5. The van der Waals surface area contributed by atoms with Crippen LogP contribution in [0.15, 0.2) is 41.3 Å². The van der Waals surface area contributed by atoms with Crippen molar-refractivity contribution in [3.63, 3.8) is 0 Å². The highest BCUT2D eigenvalue weighted by Gasteiger charge is 2.20. The van der Waals surface area contributed by atoms with Crippen molar-refractivity contribution in [2.75, 3.05) is 0 Å². The minimum absolute atomic E-state index is 0.0649. The summed E-state index contributed by atoms with van der Waals surface area (Å²) >= 11 is 0. The van der Waals surface area contributed by atoms with Crippen LogP contribution in [0.5, 0.6) is 0 Å². The van der Waals surface area contributed by atoms with E-state index in [1.807, 2.05) is 11.6 Å². The Morgan fingerprint density at radius 1 is 0.962 bits per heavy atom. The topological polar surface area (TPSA) is 80.3 Å². The predicted molar refractivity (Wildman–Crippen MR) is 91.2 cm³/mol. The zero-order valence-corrected chi connectivity index (χ0v) is 15.0. The van der Waals surface area contributed by atoms with Crippen molar-refractivity contribution >= 4 is 21.7 Å². The number of ketones is 1. The van der Waals surface area contributed by atoms with E-state index < -0.39 is 46.2 Å². The molecule has 0 unspecified atom stereocenters. The zero-order valence-electron chi connectivity index (χ0n) is 14.2. The lowest BCUT2D eigenvalue weighted by Gasteiger charge is -2.09. The monoisotopic (exact) mass is 381 g/mol. The van der Waals surface area contributed by atoms with Crippen LogP contribution in [0, 0.1) is 25.5 Å². The van der Waals surface area contributed by atoms with Gasteiger partial charge in [-0.3, -0.25) is 9.59 Å². The molecule has 0 aliphatic heterocycles. The van der Waals surface area contributed by atoms with Gasteiger partial charge in [0, 0.05) is 18.9 Å². The van der Waals surface area contributed by atoms with Gasteiger partial charge in [0.2, 0.25) is 5.91 Å². The van der Waals surface area contributed by atoms with Gasteiger partial charge >= 0.3 is 0 Å². The van der Waals surface area contributed by atoms with Crippen LogP contribution in [0.2, 0.25) is 0 Å². The molecule has 26 heavy (non-hydrogen) atoms. The highest BCUT2D eigenvalue weighted by atomic mass is 32.2. The second-order valence-electron chi connectivity index (χ2n) is 5.82. The summed E-state index contributed by atoms with van der Waals surface area (Å²) in [6.07, 6.45) is -0.851. The number of benzene rings is 2. The molecule has 2 aromatic rings. The molecule has 0 heterocycles. The van der Waals surface area contributed by atoms with Crippen molar-refractivity contribution in [1.29, 1.82) is 0 Å². The number of carbonyl (C=O) groups excluding carboxylic acids is 2. The maximum Gasteiger partial charge on any atom is 0.264 e. The van der Waals surface area contributed by atoms with Crippen LogP contribution < -0.4 is 4.72 Å². The fraction of sp³-hybridized carbons (Fsp3) is 0.222. The molecule has 0 bridgehead atoms. The summed E-state index contributed by atoms with van der Waals surface area (Å²) in [6, 6.07) is 6.91. The highest BCUT2D eigenvalue weighted by Crippen LogP contribution is 2.16. The lowest BCUT2D eigenvalue weighted by atomic mass is 10.1. The third-order valence-corrected chi connectivity index (χ3v) is 5.22. The van der Waals surface area contributed by atoms with Crippen LogP contribution in [0.4, 0.5) is 8.78 Å². The van der Waals surface area contributed by atoms with Crippen molar-refractivity contribution in [3.8, 4) is 0 Å². The molecule has 8 heteroatoms. The van der Waals surface area contributed by atoms with E-state index in [4.69, 9.17) is 0 Å². The number of rotatable bonds is 6. The summed E-state index contributed by atoms with van der Waals surface area (Å²) in [4.78, 5) is 23.7. The Hall–Kier alpha value is -2.61. The van der Waals surface area contributed by atoms with Gasteiger partial charge in [0.1, 0.15) is 11.6 Å². The Labute approximate surface area is 150 Å². The molecule has 0 spiro atoms. The van der Waals surface area contributed by atoms with E-state index in [0.717, 1.165) is 23.3 Å². The number of sulfonamides is 1. The van der Waals surface area contributed by atoms with Gasteiger partial charge in [-0.05, 0) is 49.2 Å². The molecule has 0 atom stereocenters. The van der Waals surface area contributed by atoms with Crippen LogP contribution >= 0.6 is 0 Å². The molecule has 1 amide bonds. The predicted octanol–water partition coefficient (Wildman–Crippen LogP) is 3.05. The van der Waals surface area contributed by atoms with E-state index in [-0.39, 0.29) is 10.5 Å². The van der Waals surface area contributed by atoms with Crippen LogP contribution in [-0.2, 0) is 14.8 Å². The quantitative estimate of drug-likeness (QED) is 0.780. The normalized spacial score (nSPS) is 11.2. The average molecular weight is 381 g/mol. The molecule has 0 aromatic heterocycles. The first-order chi connectivity index (χ1) is 12.1. The molecule has 138 valence electrons. The van der Waals surface area contributed by atoms with Crippen LogP contribution in [0.3, 0.4) is 0 Å². The van der Waals surface area contributed by atoms with E-state index in [2.05, 4.69) is 0 Å². The van der Waals surface area contributed by atoms with Gasteiger partial charge in [0.05, 0.1) is 10.5 Å². The summed E-state index contributed by atoms with van der Waals surface area (Å²) in [5, 5.41) is 0. The van der Waals surface area contributed by atoms with Crippen LogP contribution in [0.1, 0.15) is 34.3 Å². The smallest absolute Gasteiger partial charge is 0.264 e. The fourth-order valence-electron chi connectivity index (χ4n) is 2.22. The van der Waals surface area contributed by atoms with Crippen LogP contribution in [0.25, 0.3) is 0 Å². The molecular formula is C18H17F2NO4S. The first-order valence-corrected chi connectivity index (χ1v) is 9.19. The van der Waals surface area contributed by atoms with E-state index in [1.165, 1.54) is 12.1 Å². The summed E-state index contributed by atoms with van der Waals surface area (Å²) in [5.74, 6) is -3.46. The van der Waals surface area contributed by atoms with Crippen molar-refractivity contribution in [2.45, 2.75) is 31.6 Å². The maximum absolute atomic E-state index is 13.5. The number of hydrogen-bond donors (Lipinski definition) is 1. The average Bonchev–Trinajstić information content (AvgIpc) is 2.54. The Morgan fingerprint density at radius 3 is 2.27 bits per heavy atom. The summed E-state index contributed by atoms with van der Waals surface area (Å²) in [7, 11) is -4.06. The minimum atomic E-state index is -4.06. The van der Waals surface area contributed by atoms with Gasteiger partial charge in [-0.2, -0.15) is 0 Å². The SMILES string of the molecule is Cc1ccc(S(=O)(=O)NC(=O)CCC(=O)c2ccc(F)cc2F)cc1C. The number of halogens is 2. The molecule has 0 aliphatic carbocycles. The van der Waals surface area contributed by atoms with Crippen molar-refractivity contribution in [3.05, 3.63) is 64.7 Å². The Kier molecular flexibility index (Phi) is 5.86. The number of hydrogen-bond acceptors (Lipinski definition) is 4. The molecule has 2 rings (SSSR count). The molecule has 0 saturated carbocycles. The summed E-state index contributed by atoms with van der Waals surface area (Å²) in [6.45, 7) is 3.57. The van der Waals surface area contributed by atoms with Crippen molar-refractivity contribution < 1.29 is 26.8 Å². The third kappa shape index (κ3) is 4.72. The van der Waals surface area contributed by atoms with Gasteiger partial charge in [-0.25, -0.2) is 21.9 Å². The standard InChI is InChI=1S/C18H17F2NO4S/c1-11-3-5-14(9-12(11)2)26(24,25)21-18(23)8-7-17(22)15-6-4-13(19)10-16(15)20/h3-6,9-10H,7-8H2,1-2H3,(H,21,23). The van der Waals surface area contributed by atoms with E-state index in [0.29, 0.717) is 6.07 Å². The first-order valence-electron chi connectivity index (χ1n) is 7.71. The molecule has 2 aromatic carbocycles. The van der Waals surface area contributed by atoms with E-state index in [9.17, 15) is 26.8 Å². The molecular weight excluding hydrogens is 364 g/mol. The van der Waals surface area contributed by atoms with Crippen molar-refractivity contribution in [1.82, 2.24) is 4.72 Å². The molecule has 0 fully saturated rings. The number of amides is 1. The van der Waals surface area contributed by atoms with Gasteiger partial charge in [-0.15, -0.1) is 0 Å². The van der Waals surface area contributed by atoms with Gasteiger partial charge in [-0.1, -0.05) is 6.07 Å². The number of Topliss-reactive ketones (excluding diaryl/α,β-unsaturated/α-hetero) is 1. The number of aryl methyl sites for hydroxylation is 2. The zero-order chi connectivity index (χ0) is 19.5. The lowest BCUT2D eigenvalue weighted by molar-refractivity contribution is -0.119. The molecule has 0 aliphatic rings. The Balaban J connectivity index is 2.01. The fourth-order valence-corrected chi connectivity index (χ4v) is 3.32. The van der Waals surface area contributed by atoms with Gasteiger partial charge in [0.15, 0.2) is 5.78 Å². The lowest BCUT2D eigenvalue weighted by Crippen LogP contribution is -2.30. The highest BCUT2D eigenvalue weighted by molar-refractivity contribution is 7.90. The minimum Gasteiger partial charge on any atom is -0.294 e. The molecule has 5 nitrogen and oxygen atoms in total. The number of carbonyl (C=O) groups is 2. The molecule has 0 radical (unpaired) electrons. The van der Waals surface area contributed by atoms with Crippen LogP contribution in [-0.4, -0.2) is 20.1 Å². The third-order valence-electron chi connectivity index (χ3n) is 3.85. The first kappa shape index (κ1) is 19.7. The number of nitrogens with one attached hydrogen (secondary N) is 1. The summed E-state index contributed by atoms with van der Waals surface area (Å²) < 4.78 is 52.6. The largest absolute Gasteiger partial charge is 0.294 e. The Morgan fingerprint density at radius 2 is 1.65 bits per heavy atom. The van der Waals surface area contributed by atoms with Gasteiger partial charge < -0.3 is 0 Å². The Bertz CT molecular complexity index is 971. The second kappa shape index (κ2) is 7.74.